The second-order valence-corrected chi connectivity index (χ2v) is 6.76. The number of nitrogens with zero attached hydrogens (tertiary/aromatic N) is 3. The molecule has 1 aliphatic rings. The minimum Gasteiger partial charge on any atom is -0.488 e. The van der Waals surface area contributed by atoms with Crippen LogP contribution in [0, 0.1) is 0 Å². The second-order valence-electron chi connectivity index (χ2n) is 6.76. The van der Waals surface area contributed by atoms with Crippen LogP contribution in [-0.2, 0) is 13.0 Å². The van der Waals surface area contributed by atoms with Gasteiger partial charge in [0.2, 0.25) is 0 Å². The molecular weight excluding hydrogens is 477 g/mol. The minimum atomic E-state index is 0. The van der Waals surface area contributed by atoms with Crippen LogP contribution in [0.15, 0.2) is 72.0 Å². The molecule has 0 aliphatic carbocycles. The maximum absolute atomic E-state index is 5.99. The van der Waals surface area contributed by atoms with Crippen molar-refractivity contribution in [1.82, 2.24) is 20.4 Å². The highest BCUT2D eigenvalue weighted by atomic mass is 127. The van der Waals surface area contributed by atoms with E-state index >= 15 is 0 Å². The van der Waals surface area contributed by atoms with Crippen LogP contribution in [0.4, 0.5) is 0 Å². The zero-order valence-corrected chi connectivity index (χ0v) is 18.7. The molecule has 1 unspecified atom stereocenters. The Morgan fingerprint density at radius 1 is 1.14 bits per heavy atom. The predicted octanol–water partition coefficient (Wildman–Crippen LogP) is 3.55. The summed E-state index contributed by atoms with van der Waals surface area (Å²) in [5, 5.41) is 11.1. The zero-order chi connectivity index (χ0) is 19.2. The molecule has 1 aromatic heterocycles. The molecule has 0 saturated heterocycles. The third kappa shape index (κ3) is 5.50. The first-order valence-electron chi connectivity index (χ1n) is 9.67. The molecule has 2 aromatic carbocycles. The number of hydrogen-bond donors (Lipinski definition) is 2. The molecule has 7 heteroatoms. The number of para-hydroxylation sites is 2. The van der Waals surface area contributed by atoms with Crippen LogP contribution in [0.1, 0.15) is 18.1 Å². The van der Waals surface area contributed by atoms with E-state index in [0.717, 1.165) is 35.9 Å². The maximum Gasteiger partial charge on any atom is 0.191 e. The number of rotatable bonds is 6. The maximum atomic E-state index is 5.99. The van der Waals surface area contributed by atoms with E-state index in [1.54, 1.807) is 0 Å². The van der Waals surface area contributed by atoms with E-state index in [9.17, 15) is 0 Å². The summed E-state index contributed by atoms with van der Waals surface area (Å²) in [5.74, 6) is 1.78. The van der Waals surface area contributed by atoms with Gasteiger partial charge in [-0.3, -0.25) is 0 Å². The van der Waals surface area contributed by atoms with Gasteiger partial charge in [0.05, 0.1) is 25.0 Å². The number of hydrogen-bond acceptors (Lipinski definition) is 3. The van der Waals surface area contributed by atoms with Crippen molar-refractivity contribution in [3.05, 3.63) is 78.1 Å². The molecule has 0 spiro atoms. The van der Waals surface area contributed by atoms with Gasteiger partial charge >= 0.3 is 0 Å². The van der Waals surface area contributed by atoms with E-state index in [2.05, 4.69) is 39.8 Å². The van der Waals surface area contributed by atoms with E-state index in [1.165, 1.54) is 5.56 Å². The Hall–Kier alpha value is -2.55. The van der Waals surface area contributed by atoms with Crippen molar-refractivity contribution in [2.75, 3.05) is 13.1 Å². The quantitative estimate of drug-likeness (QED) is 0.307. The SMILES string of the molecule is CCNC(=NCc1cnn(-c2ccccc2)c1)NCC1Cc2ccccc2O1.I. The van der Waals surface area contributed by atoms with Gasteiger partial charge in [-0.25, -0.2) is 9.67 Å². The Kier molecular flexibility index (Phi) is 7.51. The number of aromatic nitrogens is 2. The zero-order valence-electron chi connectivity index (χ0n) is 16.4. The van der Waals surface area contributed by atoms with E-state index in [0.29, 0.717) is 13.1 Å². The van der Waals surface area contributed by atoms with Gasteiger partial charge in [-0.1, -0.05) is 36.4 Å². The van der Waals surface area contributed by atoms with Crippen LogP contribution in [-0.4, -0.2) is 34.9 Å². The lowest BCUT2D eigenvalue weighted by Crippen LogP contribution is -2.42. The van der Waals surface area contributed by atoms with Crippen LogP contribution in [0.5, 0.6) is 5.75 Å². The monoisotopic (exact) mass is 503 g/mol. The molecule has 152 valence electrons. The van der Waals surface area contributed by atoms with Gasteiger partial charge in [0.15, 0.2) is 5.96 Å². The molecule has 2 N–H and O–H groups in total. The first kappa shape index (κ1) is 21.2. The molecule has 0 saturated carbocycles. The molecule has 3 aromatic rings. The van der Waals surface area contributed by atoms with Crippen LogP contribution >= 0.6 is 24.0 Å². The van der Waals surface area contributed by atoms with E-state index in [1.807, 2.05) is 59.5 Å². The number of halogens is 1. The molecule has 0 bridgehead atoms. The Balaban J connectivity index is 0.00000240. The summed E-state index contributed by atoms with van der Waals surface area (Å²) in [6.07, 6.45) is 4.92. The lowest BCUT2D eigenvalue weighted by molar-refractivity contribution is 0.235. The van der Waals surface area contributed by atoms with Gasteiger partial charge in [-0.05, 0) is 30.7 Å². The van der Waals surface area contributed by atoms with Crippen LogP contribution in [0.2, 0.25) is 0 Å². The molecule has 4 rings (SSSR count). The molecule has 1 aliphatic heterocycles. The smallest absolute Gasteiger partial charge is 0.191 e. The number of fused-ring (bicyclic) bond motifs is 1. The number of ether oxygens (including phenoxy) is 1. The summed E-state index contributed by atoms with van der Waals surface area (Å²) >= 11 is 0. The average molecular weight is 503 g/mol. The number of aliphatic imine (C=N–C) groups is 1. The fourth-order valence-electron chi connectivity index (χ4n) is 3.25. The largest absolute Gasteiger partial charge is 0.488 e. The second kappa shape index (κ2) is 10.3. The first-order chi connectivity index (χ1) is 13.8. The van der Waals surface area contributed by atoms with Crippen LogP contribution in [0.25, 0.3) is 5.69 Å². The highest BCUT2D eigenvalue weighted by molar-refractivity contribution is 14.0. The highest BCUT2D eigenvalue weighted by Gasteiger charge is 2.22. The van der Waals surface area contributed by atoms with Gasteiger partial charge in [0.1, 0.15) is 11.9 Å². The number of benzene rings is 2. The van der Waals surface area contributed by atoms with Crippen molar-refractivity contribution < 1.29 is 4.74 Å². The van der Waals surface area contributed by atoms with Crippen molar-refractivity contribution in [2.24, 2.45) is 4.99 Å². The normalized spacial score (nSPS) is 15.2. The van der Waals surface area contributed by atoms with Gasteiger partial charge in [0.25, 0.3) is 0 Å². The van der Waals surface area contributed by atoms with Gasteiger partial charge in [-0.15, -0.1) is 24.0 Å². The molecule has 2 heterocycles. The molecule has 6 nitrogen and oxygen atoms in total. The Bertz CT molecular complexity index is 916. The number of nitrogens with one attached hydrogen (secondary N) is 2. The van der Waals surface area contributed by atoms with Crippen molar-refractivity contribution >= 4 is 29.9 Å². The summed E-state index contributed by atoms with van der Waals surface area (Å²) in [6.45, 7) is 4.14. The molecule has 0 fully saturated rings. The summed E-state index contributed by atoms with van der Waals surface area (Å²) in [4.78, 5) is 4.69. The first-order valence-corrected chi connectivity index (χ1v) is 9.67. The van der Waals surface area contributed by atoms with Crippen molar-refractivity contribution in [2.45, 2.75) is 26.0 Å². The predicted molar refractivity (Wildman–Crippen MR) is 126 cm³/mol. The Morgan fingerprint density at radius 2 is 1.93 bits per heavy atom. The van der Waals surface area contributed by atoms with E-state index in [4.69, 9.17) is 4.74 Å². The lowest BCUT2D eigenvalue weighted by atomic mass is 10.1. The van der Waals surface area contributed by atoms with Gasteiger partial charge in [-0.2, -0.15) is 5.10 Å². The average Bonchev–Trinajstić information content (AvgIpc) is 3.37. The minimum absolute atomic E-state index is 0. The fraction of sp³-hybridized carbons (Fsp3) is 0.273. The third-order valence-corrected chi connectivity index (χ3v) is 4.63. The molecule has 0 radical (unpaired) electrons. The Morgan fingerprint density at radius 3 is 2.72 bits per heavy atom. The standard InChI is InChI=1S/C22H25N5O.HI/c1-2-23-22(25-15-20-12-18-8-6-7-11-21(18)28-20)24-13-17-14-26-27(16-17)19-9-4-3-5-10-19;/h3-11,14,16,20H,2,12-13,15H2,1H3,(H2,23,24,25);1H. The highest BCUT2D eigenvalue weighted by Crippen LogP contribution is 2.27. The summed E-state index contributed by atoms with van der Waals surface area (Å²) in [7, 11) is 0. The molecule has 29 heavy (non-hydrogen) atoms. The van der Waals surface area contributed by atoms with Crippen molar-refractivity contribution in [3.63, 3.8) is 0 Å². The summed E-state index contributed by atoms with van der Waals surface area (Å²) < 4.78 is 7.86. The van der Waals surface area contributed by atoms with E-state index < -0.39 is 0 Å². The van der Waals surface area contributed by atoms with Gasteiger partial charge < -0.3 is 15.4 Å². The third-order valence-electron chi connectivity index (χ3n) is 4.63. The molecule has 1 atom stereocenters. The number of guanidine groups is 1. The molecule has 0 amide bonds. The summed E-state index contributed by atoms with van der Waals surface area (Å²) in [6, 6.07) is 18.3. The van der Waals surface area contributed by atoms with Gasteiger partial charge in [0, 0.05) is 24.7 Å². The van der Waals surface area contributed by atoms with E-state index in [-0.39, 0.29) is 30.1 Å². The topological polar surface area (TPSA) is 63.5 Å². The van der Waals surface area contributed by atoms with Crippen molar-refractivity contribution in [3.8, 4) is 11.4 Å². The lowest BCUT2D eigenvalue weighted by Gasteiger charge is -2.15. The summed E-state index contributed by atoms with van der Waals surface area (Å²) in [5.41, 5.74) is 3.37. The van der Waals surface area contributed by atoms with Crippen LogP contribution < -0.4 is 15.4 Å². The van der Waals surface area contributed by atoms with Crippen LogP contribution in [0.3, 0.4) is 0 Å². The fourth-order valence-corrected chi connectivity index (χ4v) is 3.25. The Labute approximate surface area is 188 Å². The van der Waals surface area contributed by atoms with Crippen molar-refractivity contribution in [1.29, 1.82) is 0 Å². The molecular formula is C22H26IN5O.